The number of hydrogen-bond acceptors (Lipinski definition) is 2. The van der Waals surface area contributed by atoms with E-state index in [4.69, 9.17) is 4.74 Å². The normalized spacial score (nSPS) is 38.2. The smallest absolute Gasteiger partial charge is 0.0624 e. The largest absolute Gasteiger partial charge is 0.377 e. The summed E-state index contributed by atoms with van der Waals surface area (Å²) in [5, 5.41) is 3.17. The fourth-order valence-electron chi connectivity index (χ4n) is 1.02. The summed E-state index contributed by atoms with van der Waals surface area (Å²) in [7, 11) is 1.98. The van der Waals surface area contributed by atoms with Crippen molar-refractivity contribution >= 4 is 0 Å². The highest BCUT2D eigenvalue weighted by Crippen LogP contribution is 2.10. The second-order valence-electron chi connectivity index (χ2n) is 2.37. The zero-order valence-electron chi connectivity index (χ0n) is 5.48. The van der Waals surface area contributed by atoms with E-state index in [9.17, 15) is 0 Å². The predicted octanol–water partition coefficient (Wildman–Crippen LogP) is 0.383. The zero-order valence-corrected chi connectivity index (χ0v) is 5.48. The van der Waals surface area contributed by atoms with Crippen LogP contribution in [0, 0.1) is 0 Å². The lowest BCUT2D eigenvalue weighted by molar-refractivity contribution is 0.122. The van der Waals surface area contributed by atoms with Crippen LogP contribution in [0.25, 0.3) is 0 Å². The van der Waals surface area contributed by atoms with E-state index in [0.29, 0.717) is 12.1 Å². The third-order valence-electron chi connectivity index (χ3n) is 1.61. The molecule has 0 spiro atoms. The molecule has 1 heterocycles. The van der Waals surface area contributed by atoms with Crippen molar-refractivity contribution in [2.75, 3.05) is 13.7 Å². The molecule has 0 aromatic carbocycles. The molecule has 0 aromatic rings. The maximum absolute atomic E-state index is 5.29. The van der Waals surface area contributed by atoms with Crippen molar-refractivity contribution in [1.29, 1.82) is 0 Å². The van der Waals surface area contributed by atoms with Crippen molar-refractivity contribution in [2.24, 2.45) is 0 Å². The first-order chi connectivity index (χ1) is 3.83. The molecule has 2 heteroatoms. The van der Waals surface area contributed by atoms with Crippen molar-refractivity contribution < 1.29 is 4.74 Å². The van der Waals surface area contributed by atoms with Gasteiger partial charge in [0.25, 0.3) is 0 Å². The minimum Gasteiger partial charge on any atom is -0.377 e. The zero-order chi connectivity index (χ0) is 5.98. The maximum atomic E-state index is 5.29. The molecule has 2 atom stereocenters. The fourth-order valence-corrected chi connectivity index (χ4v) is 1.02. The minimum absolute atomic E-state index is 0.465. The second-order valence-corrected chi connectivity index (χ2v) is 2.37. The van der Waals surface area contributed by atoms with Gasteiger partial charge in [-0.05, 0) is 20.4 Å². The Morgan fingerprint density at radius 2 is 2.38 bits per heavy atom. The molecule has 1 aliphatic heterocycles. The molecule has 0 saturated carbocycles. The Balaban J connectivity index is 2.22. The first kappa shape index (κ1) is 6.05. The van der Waals surface area contributed by atoms with Gasteiger partial charge in [0, 0.05) is 6.04 Å². The highest BCUT2D eigenvalue weighted by atomic mass is 16.5. The van der Waals surface area contributed by atoms with Crippen LogP contribution in [0.15, 0.2) is 0 Å². The molecular formula is C6H13NO. The van der Waals surface area contributed by atoms with Crippen LogP contribution in [0.1, 0.15) is 13.3 Å². The van der Waals surface area contributed by atoms with Crippen LogP contribution in [0.5, 0.6) is 0 Å². The van der Waals surface area contributed by atoms with E-state index in [0.717, 1.165) is 13.0 Å². The lowest BCUT2D eigenvalue weighted by Crippen LogP contribution is -2.24. The van der Waals surface area contributed by atoms with Crippen molar-refractivity contribution in [1.82, 2.24) is 5.32 Å². The minimum atomic E-state index is 0.465. The summed E-state index contributed by atoms with van der Waals surface area (Å²) >= 11 is 0. The van der Waals surface area contributed by atoms with E-state index >= 15 is 0 Å². The average Bonchev–Trinajstić information content (AvgIpc) is 2.14. The summed E-state index contributed by atoms with van der Waals surface area (Å²) in [6, 6.07) is 0.602. The van der Waals surface area contributed by atoms with Crippen LogP contribution in [0.3, 0.4) is 0 Å². The molecule has 0 aromatic heterocycles. The third-order valence-corrected chi connectivity index (χ3v) is 1.61. The quantitative estimate of drug-likeness (QED) is 0.533. The van der Waals surface area contributed by atoms with E-state index in [1.165, 1.54) is 0 Å². The molecule has 0 unspecified atom stereocenters. The van der Waals surface area contributed by atoms with E-state index in [2.05, 4.69) is 12.2 Å². The van der Waals surface area contributed by atoms with E-state index in [1.807, 2.05) is 7.05 Å². The van der Waals surface area contributed by atoms with E-state index in [-0.39, 0.29) is 0 Å². The van der Waals surface area contributed by atoms with Gasteiger partial charge in [0.2, 0.25) is 0 Å². The lowest BCUT2D eigenvalue weighted by Gasteiger charge is -2.01. The Morgan fingerprint density at radius 3 is 2.62 bits per heavy atom. The van der Waals surface area contributed by atoms with E-state index < -0.39 is 0 Å². The van der Waals surface area contributed by atoms with Crippen LogP contribution in [0.2, 0.25) is 0 Å². The maximum Gasteiger partial charge on any atom is 0.0624 e. The van der Waals surface area contributed by atoms with Crippen molar-refractivity contribution in [3.05, 3.63) is 0 Å². The van der Waals surface area contributed by atoms with Crippen LogP contribution >= 0.6 is 0 Å². The predicted molar refractivity (Wildman–Crippen MR) is 32.9 cm³/mol. The molecule has 1 aliphatic rings. The number of rotatable bonds is 1. The summed E-state index contributed by atoms with van der Waals surface area (Å²) in [5.41, 5.74) is 0. The van der Waals surface area contributed by atoms with Gasteiger partial charge < -0.3 is 10.1 Å². The summed E-state index contributed by atoms with van der Waals surface area (Å²) in [5.74, 6) is 0. The standard InChI is InChI=1S/C6H13NO/c1-5-3-6(7-2)4-8-5/h5-7H,3-4H2,1-2H3/t5-,6+/m1/s1. The van der Waals surface area contributed by atoms with Crippen LogP contribution in [0.4, 0.5) is 0 Å². The molecule has 8 heavy (non-hydrogen) atoms. The third kappa shape index (κ3) is 1.20. The Labute approximate surface area is 50.2 Å². The first-order valence-corrected chi connectivity index (χ1v) is 3.12. The molecule has 1 rings (SSSR count). The highest BCUT2D eigenvalue weighted by molar-refractivity contribution is 4.73. The molecule has 2 nitrogen and oxygen atoms in total. The molecule has 0 radical (unpaired) electrons. The molecular weight excluding hydrogens is 102 g/mol. The Kier molecular flexibility index (Phi) is 1.86. The van der Waals surface area contributed by atoms with Gasteiger partial charge in [-0.3, -0.25) is 0 Å². The summed E-state index contributed by atoms with van der Waals surface area (Å²) in [6.07, 6.45) is 1.63. The molecule has 1 fully saturated rings. The van der Waals surface area contributed by atoms with Gasteiger partial charge in [-0.25, -0.2) is 0 Å². The molecule has 0 amide bonds. The summed E-state index contributed by atoms with van der Waals surface area (Å²) < 4.78 is 5.29. The van der Waals surface area contributed by atoms with Gasteiger partial charge in [-0.1, -0.05) is 0 Å². The molecule has 1 saturated heterocycles. The van der Waals surface area contributed by atoms with Gasteiger partial charge >= 0.3 is 0 Å². The van der Waals surface area contributed by atoms with Gasteiger partial charge in [0.15, 0.2) is 0 Å². The van der Waals surface area contributed by atoms with Gasteiger partial charge in [-0.15, -0.1) is 0 Å². The van der Waals surface area contributed by atoms with Crippen molar-refractivity contribution in [3.8, 4) is 0 Å². The Bertz CT molecular complexity index is 74.9. The van der Waals surface area contributed by atoms with Gasteiger partial charge in [0.05, 0.1) is 12.7 Å². The Morgan fingerprint density at radius 1 is 1.62 bits per heavy atom. The summed E-state index contributed by atoms with van der Waals surface area (Å²) in [6.45, 7) is 3.00. The van der Waals surface area contributed by atoms with Crippen LogP contribution in [-0.2, 0) is 4.74 Å². The van der Waals surface area contributed by atoms with Crippen LogP contribution < -0.4 is 5.32 Å². The number of nitrogens with one attached hydrogen (secondary N) is 1. The van der Waals surface area contributed by atoms with Gasteiger partial charge in [0.1, 0.15) is 0 Å². The SMILES string of the molecule is CN[C@@H]1CO[C@H](C)C1. The molecule has 0 bridgehead atoms. The summed E-state index contributed by atoms with van der Waals surface area (Å²) in [4.78, 5) is 0. The van der Waals surface area contributed by atoms with Crippen molar-refractivity contribution in [2.45, 2.75) is 25.5 Å². The lowest BCUT2D eigenvalue weighted by atomic mass is 10.2. The van der Waals surface area contributed by atoms with E-state index in [1.54, 1.807) is 0 Å². The monoisotopic (exact) mass is 115 g/mol. The molecule has 48 valence electrons. The highest BCUT2D eigenvalue weighted by Gasteiger charge is 2.19. The Hall–Kier alpha value is -0.0800. The molecule has 0 aliphatic carbocycles. The van der Waals surface area contributed by atoms with Gasteiger partial charge in [-0.2, -0.15) is 0 Å². The van der Waals surface area contributed by atoms with Crippen molar-refractivity contribution in [3.63, 3.8) is 0 Å². The molecule has 1 N–H and O–H groups in total. The number of hydrogen-bond donors (Lipinski definition) is 1. The number of ether oxygens (including phenoxy) is 1. The average molecular weight is 115 g/mol. The second kappa shape index (κ2) is 2.46. The fraction of sp³-hybridized carbons (Fsp3) is 1.00. The van der Waals surface area contributed by atoms with Crippen LogP contribution in [-0.4, -0.2) is 25.8 Å². The number of likely N-dealkylation sites (N-methyl/N-ethyl adjacent to an activating group) is 1. The first-order valence-electron chi connectivity index (χ1n) is 3.12. The topological polar surface area (TPSA) is 21.3 Å².